The number of nitrogens with one attached hydrogen (secondary N) is 3. The van der Waals surface area contributed by atoms with E-state index in [1.54, 1.807) is 25.1 Å². The molecule has 0 aliphatic carbocycles. The molecule has 0 saturated carbocycles. The van der Waals surface area contributed by atoms with Crippen molar-refractivity contribution in [1.29, 1.82) is 0 Å². The van der Waals surface area contributed by atoms with Gasteiger partial charge in [-0.2, -0.15) is 0 Å². The summed E-state index contributed by atoms with van der Waals surface area (Å²) >= 11 is 5.53. The lowest BCUT2D eigenvalue weighted by molar-refractivity contribution is 0.362. The average molecular weight is 463 g/mol. The van der Waals surface area contributed by atoms with Crippen molar-refractivity contribution in [3.05, 3.63) is 71.5 Å². The van der Waals surface area contributed by atoms with Crippen LogP contribution in [0, 0.1) is 5.82 Å². The quantitative estimate of drug-likeness (QED) is 0.453. The highest BCUT2D eigenvalue weighted by Gasteiger charge is 2.42. The van der Waals surface area contributed by atoms with Crippen molar-refractivity contribution in [2.45, 2.75) is 37.6 Å². The first-order valence-electron chi connectivity index (χ1n) is 10.4. The number of ether oxygens (including phenoxy) is 1. The fourth-order valence-electron chi connectivity index (χ4n) is 3.84. The van der Waals surface area contributed by atoms with E-state index in [2.05, 4.69) is 19.7 Å². The van der Waals surface area contributed by atoms with Gasteiger partial charge in [0.1, 0.15) is 21.8 Å². The van der Waals surface area contributed by atoms with Gasteiger partial charge in [0, 0.05) is 18.7 Å². The van der Waals surface area contributed by atoms with Crippen LogP contribution in [-0.4, -0.2) is 34.4 Å². The van der Waals surface area contributed by atoms with Gasteiger partial charge in [-0.15, -0.1) is 0 Å². The van der Waals surface area contributed by atoms with Crippen molar-refractivity contribution < 1.29 is 13.3 Å². The van der Waals surface area contributed by atoms with Crippen LogP contribution in [0.25, 0.3) is 0 Å². The Labute approximate surface area is 188 Å². The van der Waals surface area contributed by atoms with Crippen LogP contribution in [0.1, 0.15) is 37.0 Å². The normalized spacial score (nSPS) is 27.3. The molecule has 2 heterocycles. The van der Waals surface area contributed by atoms with Gasteiger partial charge in [0.15, 0.2) is 11.3 Å². The molecule has 2 aliphatic rings. The van der Waals surface area contributed by atoms with E-state index < -0.39 is 15.5 Å². The lowest BCUT2D eigenvalue weighted by Crippen LogP contribution is -2.54. The number of epoxide rings is 1. The van der Waals surface area contributed by atoms with E-state index in [9.17, 15) is 8.60 Å². The van der Waals surface area contributed by atoms with Crippen molar-refractivity contribution >= 4 is 27.2 Å². The smallest absolute Gasteiger partial charge is 0.169 e. The molecule has 3 N–H and O–H groups in total. The summed E-state index contributed by atoms with van der Waals surface area (Å²) in [5.74, 6) is -0.308. The molecule has 6 nitrogen and oxygen atoms in total. The van der Waals surface area contributed by atoms with Crippen LogP contribution in [-0.2, 0) is 20.2 Å². The summed E-state index contributed by atoms with van der Waals surface area (Å²) in [4.78, 5) is 0. The summed E-state index contributed by atoms with van der Waals surface area (Å²) in [5.41, 5.74) is 0.410. The van der Waals surface area contributed by atoms with E-state index in [0.717, 1.165) is 18.4 Å². The van der Waals surface area contributed by atoms with E-state index in [0.29, 0.717) is 23.8 Å². The maximum absolute atomic E-state index is 14.8. The zero-order chi connectivity index (χ0) is 21.9. The van der Waals surface area contributed by atoms with E-state index in [-0.39, 0.29) is 23.9 Å². The molecular formula is C22H27FN4O2S2. The minimum atomic E-state index is -2.73. The van der Waals surface area contributed by atoms with E-state index in [1.807, 2.05) is 30.3 Å². The lowest BCUT2D eigenvalue weighted by Gasteiger charge is -2.34. The Morgan fingerprint density at radius 2 is 2.00 bits per heavy atom. The third kappa shape index (κ3) is 5.41. The molecule has 0 amide bonds. The molecule has 166 valence electrons. The number of thiocarbonyl (C=S) groups is 1. The Balaban J connectivity index is 1.52. The molecule has 0 spiro atoms. The maximum atomic E-state index is 14.8. The molecule has 31 heavy (non-hydrogen) atoms. The second-order valence-electron chi connectivity index (χ2n) is 8.04. The van der Waals surface area contributed by atoms with Gasteiger partial charge in [0.25, 0.3) is 0 Å². The van der Waals surface area contributed by atoms with Gasteiger partial charge in [0.05, 0.1) is 11.3 Å². The lowest BCUT2D eigenvalue weighted by atomic mass is 9.93. The molecule has 4 atom stereocenters. The Morgan fingerprint density at radius 1 is 1.26 bits per heavy atom. The molecular weight excluding hydrogens is 435 g/mol. The fourth-order valence-corrected chi connectivity index (χ4v) is 6.36. The van der Waals surface area contributed by atoms with Crippen LogP contribution in [0.2, 0.25) is 0 Å². The zero-order valence-corrected chi connectivity index (χ0v) is 19.0. The predicted octanol–water partition coefficient (Wildman–Crippen LogP) is 3.37. The van der Waals surface area contributed by atoms with Crippen LogP contribution in [0.3, 0.4) is 0 Å². The third-order valence-corrected chi connectivity index (χ3v) is 7.89. The van der Waals surface area contributed by atoms with Gasteiger partial charge in [-0.3, -0.25) is 0 Å². The number of nitrogens with zero attached hydrogens (tertiary/aromatic N) is 1. The molecule has 9 heteroatoms. The zero-order valence-electron chi connectivity index (χ0n) is 17.3. The van der Waals surface area contributed by atoms with Crippen LogP contribution >= 0.6 is 12.2 Å². The van der Waals surface area contributed by atoms with E-state index >= 15 is 0 Å². The van der Waals surface area contributed by atoms with Crippen molar-refractivity contribution in [2.75, 3.05) is 18.8 Å². The number of hydrogen-bond acceptors (Lipinski definition) is 4. The minimum absolute atomic E-state index is 0.0798. The Kier molecular flexibility index (Phi) is 6.57. The summed E-state index contributed by atoms with van der Waals surface area (Å²) in [6.45, 7) is 2.94. The summed E-state index contributed by atoms with van der Waals surface area (Å²) in [5, 5.41) is 6.66. The van der Waals surface area contributed by atoms with Gasteiger partial charge in [-0.1, -0.05) is 48.5 Å². The standard InChI is InChI=1S/C22H27FN4O2S2/c1-22(17-11-5-6-12-18(17)23,15-31(28)24-13-7-8-14-25-31)27-21(30)26-20-19(29-20)16-9-3-2-4-10-16/h2-6,9-12,19-20H,7-8,13-15H2,1H3,(H,24,25,28)(H2,26,27,30). The van der Waals surface area contributed by atoms with Crippen LogP contribution < -0.4 is 15.4 Å². The number of halogens is 1. The second-order valence-corrected chi connectivity index (χ2v) is 10.6. The molecule has 4 unspecified atom stereocenters. The topological polar surface area (TPSA) is 78.0 Å². The fraction of sp³-hybridized carbons (Fsp3) is 0.409. The summed E-state index contributed by atoms with van der Waals surface area (Å²) in [6.07, 6.45) is 1.44. The highest BCUT2D eigenvalue weighted by Crippen LogP contribution is 2.36. The summed E-state index contributed by atoms with van der Waals surface area (Å²) in [6, 6.07) is 16.3. The first kappa shape index (κ1) is 22.1. The predicted molar refractivity (Wildman–Crippen MR) is 124 cm³/mol. The number of hydrogen-bond donors (Lipinski definition) is 3. The van der Waals surface area contributed by atoms with Gasteiger partial charge in [-0.25, -0.2) is 17.7 Å². The van der Waals surface area contributed by atoms with Crippen LogP contribution in [0.5, 0.6) is 0 Å². The summed E-state index contributed by atoms with van der Waals surface area (Å²) in [7, 11) is -2.73. The van der Waals surface area contributed by atoms with E-state index in [1.165, 1.54) is 6.07 Å². The van der Waals surface area contributed by atoms with Gasteiger partial charge in [0.2, 0.25) is 0 Å². The van der Waals surface area contributed by atoms with Crippen LogP contribution in [0.4, 0.5) is 4.39 Å². The van der Waals surface area contributed by atoms with Crippen molar-refractivity contribution in [1.82, 2.24) is 15.4 Å². The SMILES string of the molecule is CC(CS1(=O)=NCCCCN1)(NC(=S)NC1OC1c1ccccc1)c1ccccc1F. The average Bonchev–Trinajstić information content (AvgIpc) is 3.52. The monoisotopic (exact) mass is 462 g/mol. The highest BCUT2D eigenvalue weighted by molar-refractivity contribution is 7.91. The first-order chi connectivity index (χ1) is 14.9. The number of benzene rings is 2. The maximum Gasteiger partial charge on any atom is 0.169 e. The second kappa shape index (κ2) is 9.20. The molecule has 0 radical (unpaired) electrons. The Morgan fingerprint density at radius 3 is 2.77 bits per heavy atom. The summed E-state index contributed by atoms with van der Waals surface area (Å²) < 4.78 is 41.4. The molecule has 2 aromatic carbocycles. The van der Waals surface area contributed by atoms with Gasteiger partial charge < -0.3 is 15.4 Å². The third-order valence-electron chi connectivity index (χ3n) is 5.45. The highest BCUT2D eigenvalue weighted by atomic mass is 32.2. The molecule has 1 fully saturated rings. The van der Waals surface area contributed by atoms with Gasteiger partial charge in [-0.05, 0) is 43.6 Å². The Bertz CT molecular complexity index is 1060. The van der Waals surface area contributed by atoms with Crippen molar-refractivity contribution in [2.24, 2.45) is 4.36 Å². The van der Waals surface area contributed by atoms with Crippen molar-refractivity contribution in [3.63, 3.8) is 0 Å². The Hall–Kier alpha value is -2.07. The van der Waals surface area contributed by atoms with Gasteiger partial charge >= 0.3 is 0 Å². The molecule has 1 saturated heterocycles. The number of rotatable bonds is 6. The molecule has 2 aromatic rings. The van der Waals surface area contributed by atoms with E-state index in [4.69, 9.17) is 17.0 Å². The molecule has 0 aromatic heterocycles. The van der Waals surface area contributed by atoms with Crippen molar-refractivity contribution in [3.8, 4) is 0 Å². The first-order valence-corrected chi connectivity index (χ1v) is 12.5. The molecule has 2 aliphatic heterocycles. The molecule has 0 bridgehead atoms. The molecule has 4 rings (SSSR count). The minimum Gasteiger partial charge on any atom is -0.352 e. The largest absolute Gasteiger partial charge is 0.352 e. The van der Waals surface area contributed by atoms with Crippen LogP contribution in [0.15, 0.2) is 59.0 Å².